The van der Waals surface area contributed by atoms with E-state index < -0.39 is 11.7 Å². The van der Waals surface area contributed by atoms with E-state index in [0.29, 0.717) is 10.9 Å². The molecule has 0 saturated heterocycles. The van der Waals surface area contributed by atoms with Crippen molar-refractivity contribution >= 4 is 10.9 Å². The van der Waals surface area contributed by atoms with Crippen LogP contribution in [0.15, 0.2) is 12.3 Å². The number of halogens is 3. The van der Waals surface area contributed by atoms with Crippen molar-refractivity contribution in [2.45, 2.75) is 20.0 Å². The van der Waals surface area contributed by atoms with Gasteiger partial charge >= 0.3 is 6.18 Å². The van der Waals surface area contributed by atoms with Crippen LogP contribution in [0.3, 0.4) is 0 Å². The van der Waals surface area contributed by atoms with Crippen LogP contribution in [0.2, 0.25) is 0 Å². The van der Waals surface area contributed by atoms with Crippen LogP contribution < -0.4 is 0 Å². The zero-order valence-corrected chi connectivity index (χ0v) is 8.24. The Labute approximate surface area is 84.1 Å². The summed E-state index contributed by atoms with van der Waals surface area (Å²) in [5.74, 6) is 0. The van der Waals surface area contributed by atoms with Gasteiger partial charge in [0.2, 0.25) is 0 Å². The maximum absolute atomic E-state index is 12.7. The van der Waals surface area contributed by atoms with Crippen molar-refractivity contribution in [1.29, 1.82) is 0 Å². The fourth-order valence-corrected chi connectivity index (χ4v) is 1.86. The minimum Gasteiger partial charge on any atom is -0.278 e. The first-order chi connectivity index (χ1) is 6.91. The highest BCUT2D eigenvalue weighted by atomic mass is 19.4. The predicted molar refractivity (Wildman–Crippen MR) is 50.6 cm³/mol. The van der Waals surface area contributed by atoms with E-state index in [2.05, 4.69) is 10.2 Å². The molecule has 1 aromatic heterocycles. The van der Waals surface area contributed by atoms with Gasteiger partial charge in [-0.05, 0) is 31.0 Å². The van der Waals surface area contributed by atoms with Crippen molar-refractivity contribution in [3.63, 3.8) is 0 Å². The molecule has 2 rings (SSSR count). The van der Waals surface area contributed by atoms with Gasteiger partial charge in [-0.2, -0.15) is 18.3 Å². The minimum atomic E-state index is -4.31. The van der Waals surface area contributed by atoms with E-state index >= 15 is 0 Å². The molecule has 5 heteroatoms. The van der Waals surface area contributed by atoms with Crippen LogP contribution >= 0.6 is 0 Å². The van der Waals surface area contributed by atoms with E-state index in [1.54, 1.807) is 0 Å². The highest BCUT2D eigenvalue weighted by Gasteiger charge is 2.34. The van der Waals surface area contributed by atoms with Crippen LogP contribution in [0.4, 0.5) is 13.2 Å². The van der Waals surface area contributed by atoms with Crippen LogP contribution in [0, 0.1) is 13.8 Å². The lowest BCUT2D eigenvalue weighted by Gasteiger charge is -2.13. The van der Waals surface area contributed by atoms with Crippen molar-refractivity contribution in [3.8, 4) is 0 Å². The molecule has 15 heavy (non-hydrogen) atoms. The summed E-state index contributed by atoms with van der Waals surface area (Å²) in [5, 5.41) is 6.92. The van der Waals surface area contributed by atoms with E-state index in [1.165, 1.54) is 26.1 Å². The Morgan fingerprint density at radius 1 is 1.27 bits per heavy atom. The summed E-state index contributed by atoms with van der Waals surface area (Å²) in [5.41, 5.74) is 0.525. The van der Waals surface area contributed by atoms with Gasteiger partial charge in [0, 0.05) is 5.39 Å². The molecule has 0 unspecified atom stereocenters. The number of nitrogens with zero attached hydrogens (tertiary/aromatic N) is 1. The lowest BCUT2D eigenvalue weighted by molar-refractivity contribution is -0.138. The van der Waals surface area contributed by atoms with Crippen LogP contribution in [0.25, 0.3) is 10.9 Å². The number of aryl methyl sites for hydroxylation is 2. The summed E-state index contributed by atoms with van der Waals surface area (Å²) in [7, 11) is 0. The second-order valence-corrected chi connectivity index (χ2v) is 3.52. The Balaban J connectivity index is 2.84. The van der Waals surface area contributed by atoms with Gasteiger partial charge in [-0.15, -0.1) is 0 Å². The SMILES string of the molecule is Cc1cc2[nH]ncc2c(C)c1C(F)(F)F. The first-order valence-electron chi connectivity index (χ1n) is 4.41. The number of rotatable bonds is 0. The number of H-pyrrole nitrogens is 1. The molecule has 0 aliphatic rings. The highest BCUT2D eigenvalue weighted by molar-refractivity contribution is 5.83. The van der Waals surface area contributed by atoms with E-state index in [-0.39, 0.29) is 11.1 Å². The standard InChI is InChI=1S/C10H9F3N2/c1-5-3-8-7(4-14-15-8)6(2)9(5)10(11,12)13/h3-4H,1-2H3,(H,14,15). The molecule has 0 spiro atoms. The van der Waals surface area contributed by atoms with Gasteiger partial charge in [0.15, 0.2) is 0 Å². The highest BCUT2D eigenvalue weighted by Crippen LogP contribution is 2.37. The maximum atomic E-state index is 12.7. The number of aromatic amines is 1. The smallest absolute Gasteiger partial charge is 0.278 e. The van der Waals surface area contributed by atoms with Crippen molar-refractivity contribution in [3.05, 3.63) is 29.0 Å². The number of hydrogen-bond donors (Lipinski definition) is 1. The van der Waals surface area contributed by atoms with Crippen molar-refractivity contribution < 1.29 is 13.2 Å². The van der Waals surface area contributed by atoms with E-state index in [0.717, 1.165) is 0 Å². The van der Waals surface area contributed by atoms with Crippen LogP contribution in [0.1, 0.15) is 16.7 Å². The van der Waals surface area contributed by atoms with E-state index in [1.807, 2.05) is 0 Å². The van der Waals surface area contributed by atoms with Crippen LogP contribution in [-0.2, 0) is 6.18 Å². The Hall–Kier alpha value is -1.52. The van der Waals surface area contributed by atoms with Crippen LogP contribution in [0.5, 0.6) is 0 Å². The van der Waals surface area contributed by atoms with Gasteiger partial charge in [0.1, 0.15) is 0 Å². The topological polar surface area (TPSA) is 28.7 Å². The largest absolute Gasteiger partial charge is 0.416 e. The number of nitrogens with one attached hydrogen (secondary N) is 1. The first kappa shape index (κ1) is 10.0. The summed E-state index contributed by atoms with van der Waals surface area (Å²) in [6.45, 7) is 2.92. The Morgan fingerprint density at radius 2 is 1.93 bits per heavy atom. The quantitative estimate of drug-likeness (QED) is 0.716. The van der Waals surface area contributed by atoms with Crippen molar-refractivity contribution in [2.75, 3.05) is 0 Å². The molecule has 2 nitrogen and oxygen atoms in total. The third-order valence-electron chi connectivity index (χ3n) is 2.49. The minimum absolute atomic E-state index is 0.219. The summed E-state index contributed by atoms with van der Waals surface area (Å²) >= 11 is 0. The molecule has 1 heterocycles. The van der Waals surface area contributed by atoms with Crippen LogP contribution in [-0.4, -0.2) is 10.2 Å². The maximum Gasteiger partial charge on any atom is 0.416 e. The zero-order chi connectivity index (χ0) is 11.2. The van der Waals surface area contributed by atoms with E-state index in [9.17, 15) is 13.2 Å². The monoisotopic (exact) mass is 214 g/mol. The number of aromatic nitrogens is 2. The second-order valence-electron chi connectivity index (χ2n) is 3.52. The predicted octanol–water partition coefficient (Wildman–Crippen LogP) is 3.20. The fraction of sp³-hybridized carbons (Fsp3) is 0.300. The lowest BCUT2D eigenvalue weighted by Crippen LogP contribution is -2.10. The molecule has 0 radical (unpaired) electrons. The normalized spacial score (nSPS) is 12.3. The Kier molecular flexibility index (Phi) is 1.99. The molecular weight excluding hydrogens is 205 g/mol. The van der Waals surface area contributed by atoms with E-state index in [4.69, 9.17) is 0 Å². The van der Waals surface area contributed by atoms with Gasteiger partial charge in [-0.25, -0.2) is 0 Å². The summed E-state index contributed by atoms with van der Waals surface area (Å²) in [6, 6.07) is 1.47. The zero-order valence-electron chi connectivity index (χ0n) is 8.24. The molecule has 0 aliphatic heterocycles. The molecule has 0 saturated carbocycles. The van der Waals surface area contributed by atoms with Crippen molar-refractivity contribution in [1.82, 2.24) is 10.2 Å². The molecular formula is C10H9F3N2. The number of benzene rings is 1. The molecule has 1 N–H and O–H groups in total. The van der Waals surface area contributed by atoms with Gasteiger partial charge in [-0.1, -0.05) is 0 Å². The molecule has 0 fully saturated rings. The lowest BCUT2D eigenvalue weighted by atomic mass is 9.99. The van der Waals surface area contributed by atoms with Gasteiger partial charge < -0.3 is 0 Å². The molecule has 80 valence electrons. The molecule has 0 atom stereocenters. The summed E-state index contributed by atoms with van der Waals surface area (Å²) in [6.07, 6.45) is -2.89. The van der Waals surface area contributed by atoms with Gasteiger partial charge in [-0.3, -0.25) is 5.10 Å². The molecule has 2 aromatic rings. The molecule has 0 amide bonds. The third-order valence-corrected chi connectivity index (χ3v) is 2.49. The Morgan fingerprint density at radius 3 is 2.53 bits per heavy atom. The molecule has 0 bridgehead atoms. The molecule has 0 aliphatic carbocycles. The Bertz CT molecular complexity index is 511. The average Bonchev–Trinajstić information content (AvgIpc) is 2.48. The second kappa shape index (κ2) is 2.98. The average molecular weight is 214 g/mol. The fourth-order valence-electron chi connectivity index (χ4n) is 1.86. The number of alkyl halides is 3. The van der Waals surface area contributed by atoms with Crippen molar-refractivity contribution in [2.24, 2.45) is 0 Å². The number of hydrogen-bond acceptors (Lipinski definition) is 1. The molecule has 1 aromatic carbocycles. The first-order valence-corrected chi connectivity index (χ1v) is 4.41. The van der Waals surface area contributed by atoms with Gasteiger partial charge in [0.05, 0.1) is 17.3 Å². The number of fused-ring (bicyclic) bond motifs is 1. The summed E-state index contributed by atoms with van der Waals surface area (Å²) < 4.78 is 38.1. The third kappa shape index (κ3) is 1.48. The van der Waals surface area contributed by atoms with Gasteiger partial charge in [0.25, 0.3) is 0 Å². The summed E-state index contributed by atoms with van der Waals surface area (Å²) in [4.78, 5) is 0.